The molecule has 0 spiro atoms. The molecular formula is C16H27N3O. The molecule has 0 saturated carbocycles. The minimum absolute atomic E-state index is 0.410. The van der Waals surface area contributed by atoms with Gasteiger partial charge in [0, 0.05) is 32.4 Å². The molecule has 1 atom stereocenters. The fourth-order valence-corrected chi connectivity index (χ4v) is 2.66. The molecule has 1 aliphatic heterocycles. The van der Waals surface area contributed by atoms with Gasteiger partial charge in [-0.3, -0.25) is 9.88 Å². The molecule has 20 heavy (non-hydrogen) atoms. The summed E-state index contributed by atoms with van der Waals surface area (Å²) >= 11 is 0. The van der Waals surface area contributed by atoms with Crippen LogP contribution in [0.1, 0.15) is 37.4 Å². The van der Waals surface area contributed by atoms with Crippen molar-refractivity contribution < 1.29 is 4.74 Å². The number of aromatic nitrogens is 1. The van der Waals surface area contributed by atoms with E-state index in [0.29, 0.717) is 6.10 Å². The molecule has 2 rings (SSSR count). The van der Waals surface area contributed by atoms with Crippen LogP contribution in [0.3, 0.4) is 0 Å². The second kappa shape index (κ2) is 8.35. The molecule has 112 valence electrons. The van der Waals surface area contributed by atoms with Crippen LogP contribution in [-0.2, 0) is 17.8 Å². The van der Waals surface area contributed by atoms with E-state index in [9.17, 15) is 0 Å². The van der Waals surface area contributed by atoms with Crippen molar-refractivity contribution in [1.82, 2.24) is 15.2 Å². The molecule has 1 saturated heterocycles. The number of nitrogens with one attached hydrogen (secondary N) is 1. The number of pyridine rings is 1. The Morgan fingerprint density at radius 3 is 3.05 bits per heavy atom. The number of piperidine rings is 1. The molecule has 1 aromatic rings. The number of nitrogens with zero attached hydrogens (tertiary/aromatic N) is 2. The van der Waals surface area contributed by atoms with Crippen molar-refractivity contribution in [1.29, 1.82) is 0 Å². The van der Waals surface area contributed by atoms with Gasteiger partial charge in [-0.1, -0.05) is 13.0 Å². The van der Waals surface area contributed by atoms with Gasteiger partial charge in [0.1, 0.15) is 0 Å². The maximum Gasteiger partial charge on any atom is 0.0702 e. The van der Waals surface area contributed by atoms with Crippen molar-refractivity contribution >= 4 is 0 Å². The van der Waals surface area contributed by atoms with Gasteiger partial charge in [-0.2, -0.15) is 0 Å². The summed E-state index contributed by atoms with van der Waals surface area (Å²) in [6.07, 6.45) is 5.91. The third kappa shape index (κ3) is 4.85. The number of hydrogen-bond acceptors (Lipinski definition) is 4. The van der Waals surface area contributed by atoms with Crippen LogP contribution in [0.4, 0.5) is 0 Å². The second-order valence-corrected chi connectivity index (χ2v) is 5.56. The number of ether oxygens (including phenoxy) is 1. The van der Waals surface area contributed by atoms with Gasteiger partial charge in [0.15, 0.2) is 0 Å². The Morgan fingerprint density at radius 2 is 2.35 bits per heavy atom. The highest BCUT2D eigenvalue weighted by atomic mass is 16.5. The average molecular weight is 277 g/mol. The van der Waals surface area contributed by atoms with Crippen LogP contribution >= 0.6 is 0 Å². The first-order valence-electron chi connectivity index (χ1n) is 7.74. The average Bonchev–Trinajstić information content (AvgIpc) is 2.48. The summed E-state index contributed by atoms with van der Waals surface area (Å²) in [6, 6.07) is 4.30. The molecule has 1 N–H and O–H groups in total. The SMILES string of the molecule is CCCOC1CCCN(Cc2ccc(CNC)cn2)C1. The molecule has 0 aliphatic carbocycles. The van der Waals surface area contributed by atoms with Gasteiger partial charge < -0.3 is 10.1 Å². The standard InChI is InChI=1S/C16H27N3O/c1-3-9-20-16-5-4-8-19(13-16)12-15-7-6-14(10-17-2)11-18-15/h6-7,11,16-17H,3-5,8-10,12-13H2,1-2H3. The van der Waals surface area contributed by atoms with Gasteiger partial charge in [-0.15, -0.1) is 0 Å². The van der Waals surface area contributed by atoms with Crippen LogP contribution < -0.4 is 5.32 Å². The van der Waals surface area contributed by atoms with Crippen LogP contribution in [-0.4, -0.2) is 42.7 Å². The highest BCUT2D eigenvalue weighted by Gasteiger charge is 2.20. The molecule has 0 aromatic carbocycles. The first-order valence-corrected chi connectivity index (χ1v) is 7.74. The Bertz CT molecular complexity index is 380. The van der Waals surface area contributed by atoms with Crippen molar-refractivity contribution in [2.75, 3.05) is 26.7 Å². The van der Waals surface area contributed by atoms with Gasteiger partial charge in [-0.25, -0.2) is 0 Å². The van der Waals surface area contributed by atoms with E-state index >= 15 is 0 Å². The predicted molar refractivity (Wildman–Crippen MR) is 81.5 cm³/mol. The summed E-state index contributed by atoms with van der Waals surface area (Å²) in [7, 11) is 1.96. The maximum atomic E-state index is 5.88. The third-order valence-electron chi connectivity index (χ3n) is 3.67. The first-order chi connectivity index (χ1) is 9.81. The van der Waals surface area contributed by atoms with E-state index in [4.69, 9.17) is 4.74 Å². The third-order valence-corrected chi connectivity index (χ3v) is 3.67. The monoisotopic (exact) mass is 277 g/mol. The van der Waals surface area contributed by atoms with Crippen molar-refractivity contribution in [3.05, 3.63) is 29.6 Å². The van der Waals surface area contributed by atoms with Crippen LogP contribution in [0.25, 0.3) is 0 Å². The lowest BCUT2D eigenvalue weighted by atomic mass is 10.1. The molecule has 0 radical (unpaired) electrons. The zero-order chi connectivity index (χ0) is 14.2. The van der Waals surface area contributed by atoms with Crippen molar-refractivity contribution in [3.8, 4) is 0 Å². The minimum Gasteiger partial charge on any atom is -0.377 e. The molecule has 0 amide bonds. The Balaban J connectivity index is 1.82. The van der Waals surface area contributed by atoms with Crippen LogP contribution in [0, 0.1) is 0 Å². The zero-order valence-electron chi connectivity index (χ0n) is 12.8. The minimum atomic E-state index is 0.410. The van der Waals surface area contributed by atoms with E-state index in [1.54, 1.807) is 0 Å². The molecule has 1 aromatic heterocycles. The number of rotatable bonds is 7. The van der Waals surface area contributed by atoms with Gasteiger partial charge in [0.2, 0.25) is 0 Å². The molecule has 4 nitrogen and oxygen atoms in total. The molecule has 2 heterocycles. The van der Waals surface area contributed by atoms with Gasteiger partial charge in [0.05, 0.1) is 11.8 Å². The Hall–Kier alpha value is -0.970. The first kappa shape index (κ1) is 15.4. The normalized spacial score (nSPS) is 20.2. The molecule has 1 fully saturated rings. The van der Waals surface area contributed by atoms with Crippen LogP contribution in [0.5, 0.6) is 0 Å². The fourth-order valence-electron chi connectivity index (χ4n) is 2.66. The van der Waals surface area contributed by atoms with E-state index < -0.39 is 0 Å². The topological polar surface area (TPSA) is 37.4 Å². The van der Waals surface area contributed by atoms with Crippen LogP contribution in [0.2, 0.25) is 0 Å². The lowest BCUT2D eigenvalue weighted by Crippen LogP contribution is -2.39. The molecule has 4 heteroatoms. The van der Waals surface area contributed by atoms with E-state index in [0.717, 1.165) is 44.9 Å². The highest BCUT2D eigenvalue weighted by molar-refractivity contribution is 5.14. The Kier molecular flexibility index (Phi) is 6.43. The van der Waals surface area contributed by atoms with E-state index in [-0.39, 0.29) is 0 Å². The summed E-state index contributed by atoms with van der Waals surface area (Å²) in [4.78, 5) is 7.02. The van der Waals surface area contributed by atoms with Gasteiger partial charge >= 0.3 is 0 Å². The quantitative estimate of drug-likeness (QED) is 0.829. The summed E-state index contributed by atoms with van der Waals surface area (Å²) < 4.78 is 5.88. The van der Waals surface area contributed by atoms with Crippen molar-refractivity contribution in [2.45, 2.75) is 45.4 Å². The maximum absolute atomic E-state index is 5.88. The summed E-state index contributed by atoms with van der Waals surface area (Å²) in [5.41, 5.74) is 2.39. The van der Waals surface area contributed by atoms with Gasteiger partial charge in [0.25, 0.3) is 0 Å². The van der Waals surface area contributed by atoms with Crippen molar-refractivity contribution in [2.24, 2.45) is 0 Å². The predicted octanol–water partition coefficient (Wildman–Crippen LogP) is 2.19. The van der Waals surface area contributed by atoms with E-state index in [2.05, 4.69) is 34.3 Å². The van der Waals surface area contributed by atoms with Crippen LogP contribution in [0.15, 0.2) is 18.3 Å². The molecular weight excluding hydrogens is 250 g/mol. The lowest BCUT2D eigenvalue weighted by molar-refractivity contribution is -0.00252. The highest BCUT2D eigenvalue weighted by Crippen LogP contribution is 2.15. The van der Waals surface area contributed by atoms with E-state index in [1.165, 1.54) is 18.4 Å². The number of hydrogen-bond donors (Lipinski definition) is 1. The van der Waals surface area contributed by atoms with Gasteiger partial charge in [-0.05, 0) is 44.5 Å². The largest absolute Gasteiger partial charge is 0.377 e. The lowest BCUT2D eigenvalue weighted by Gasteiger charge is -2.32. The fraction of sp³-hybridized carbons (Fsp3) is 0.688. The summed E-state index contributed by atoms with van der Waals surface area (Å²) in [5.74, 6) is 0. The molecule has 1 unspecified atom stereocenters. The summed E-state index contributed by atoms with van der Waals surface area (Å²) in [5, 5.41) is 3.14. The Morgan fingerprint density at radius 1 is 1.45 bits per heavy atom. The smallest absolute Gasteiger partial charge is 0.0702 e. The zero-order valence-corrected chi connectivity index (χ0v) is 12.8. The molecule has 1 aliphatic rings. The second-order valence-electron chi connectivity index (χ2n) is 5.56. The van der Waals surface area contributed by atoms with Crippen molar-refractivity contribution in [3.63, 3.8) is 0 Å². The summed E-state index contributed by atoms with van der Waals surface area (Å²) in [6.45, 7) is 7.06. The molecule has 0 bridgehead atoms. The van der Waals surface area contributed by atoms with E-state index in [1.807, 2.05) is 13.2 Å². The Labute approximate surface area is 122 Å². The number of likely N-dealkylation sites (tertiary alicyclic amines) is 1.